The van der Waals surface area contributed by atoms with Crippen molar-refractivity contribution in [3.8, 4) is 0 Å². The molecule has 0 aliphatic rings. The van der Waals surface area contributed by atoms with Gasteiger partial charge >= 0.3 is 11.9 Å². The van der Waals surface area contributed by atoms with Gasteiger partial charge in [-0.2, -0.15) is 0 Å². The van der Waals surface area contributed by atoms with Gasteiger partial charge in [-0.1, -0.05) is 52.0 Å². The Labute approximate surface area is 185 Å². The molecule has 0 amide bonds. The summed E-state index contributed by atoms with van der Waals surface area (Å²) in [5.41, 5.74) is 3.02. The smallest absolute Gasteiger partial charge is 0.335 e. The van der Waals surface area contributed by atoms with E-state index in [2.05, 4.69) is 0 Å². The maximum Gasteiger partial charge on any atom is 0.335 e. The molecule has 0 spiro atoms. The molecule has 0 aliphatic heterocycles. The van der Waals surface area contributed by atoms with E-state index < -0.39 is 18.0 Å². The number of benzene rings is 2. The second-order valence-corrected chi connectivity index (χ2v) is 7.29. The van der Waals surface area contributed by atoms with Gasteiger partial charge in [-0.15, -0.1) is 0 Å². The van der Waals surface area contributed by atoms with Crippen LogP contribution in [0.25, 0.3) is 0 Å². The van der Waals surface area contributed by atoms with E-state index in [0.717, 1.165) is 24.0 Å². The Kier molecular flexibility index (Phi) is 13.8. The molecular weight excluding hydrogens is 396 g/mol. The first-order chi connectivity index (χ1) is 14.6. The van der Waals surface area contributed by atoms with Crippen LogP contribution < -0.4 is 0 Å². The lowest BCUT2D eigenvalue weighted by Crippen LogP contribution is -2.26. The van der Waals surface area contributed by atoms with Crippen molar-refractivity contribution in [3.05, 3.63) is 70.8 Å². The Bertz CT molecular complexity index is 708. The SMILES string of the molecule is CCC(O)C(C)C(C)O.CCc1ccc(C(=O)O)cc1.CCc1ccc(C(=O)O)cc1. The van der Waals surface area contributed by atoms with Crippen LogP contribution in [0.5, 0.6) is 0 Å². The molecule has 0 aromatic heterocycles. The van der Waals surface area contributed by atoms with E-state index in [-0.39, 0.29) is 12.0 Å². The average molecular weight is 433 g/mol. The van der Waals surface area contributed by atoms with Crippen molar-refractivity contribution >= 4 is 11.9 Å². The first-order valence-corrected chi connectivity index (χ1v) is 10.6. The van der Waals surface area contributed by atoms with Crippen LogP contribution in [0.2, 0.25) is 0 Å². The van der Waals surface area contributed by atoms with Crippen molar-refractivity contribution in [2.75, 3.05) is 0 Å². The highest BCUT2D eigenvalue weighted by atomic mass is 16.4. The molecule has 6 nitrogen and oxygen atoms in total. The number of aliphatic hydroxyl groups excluding tert-OH is 2. The van der Waals surface area contributed by atoms with Crippen LogP contribution in [0.4, 0.5) is 0 Å². The van der Waals surface area contributed by atoms with Gasteiger partial charge in [0.05, 0.1) is 23.3 Å². The van der Waals surface area contributed by atoms with Crippen molar-refractivity contribution in [2.45, 2.75) is 66.1 Å². The molecule has 2 aromatic rings. The fourth-order valence-electron chi connectivity index (χ4n) is 2.46. The molecule has 0 saturated heterocycles. The Hall–Kier alpha value is -2.70. The highest BCUT2D eigenvalue weighted by molar-refractivity contribution is 5.87. The molecule has 3 unspecified atom stereocenters. The molecule has 0 aliphatic carbocycles. The number of carboxylic acid groups (broad SMARTS) is 2. The second-order valence-electron chi connectivity index (χ2n) is 7.29. The van der Waals surface area contributed by atoms with E-state index in [1.165, 1.54) is 0 Å². The van der Waals surface area contributed by atoms with Gasteiger partial charge in [0.15, 0.2) is 0 Å². The van der Waals surface area contributed by atoms with E-state index >= 15 is 0 Å². The molecule has 0 saturated carbocycles. The minimum absolute atomic E-state index is 0.00463. The number of aliphatic hydroxyl groups is 2. The van der Waals surface area contributed by atoms with Gasteiger partial charge in [0.1, 0.15) is 0 Å². The van der Waals surface area contributed by atoms with Gasteiger partial charge in [0.2, 0.25) is 0 Å². The Morgan fingerprint density at radius 2 is 1.03 bits per heavy atom. The molecule has 2 rings (SSSR count). The predicted molar refractivity (Wildman–Crippen MR) is 123 cm³/mol. The summed E-state index contributed by atoms with van der Waals surface area (Å²) in [6.07, 6.45) is 1.84. The van der Waals surface area contributed by atoms with E-state index in [4.69, 9.17) is 20.4 Å². The van der Waals surface area contributed by atoms with Gasteiger partial charge < -0.3 is 20.4 Å². The summed E-state index contributed by atoms with van der Waals surface area (Å²) in [5, 5.41) is 35.2. The van der Waals surface area contributed by atoms with E-state index in [0.29, 0.717) is 17.5 Å². The fraction of sp³-hybridized carbons (Fsp3) is 0.440. The summed E-state index contributed by atoms with van der Waals surface area (Å²) in [6.45, 7) is 9.53. The van der Waals surface area contributed by atoms with Gasteiger partial charge in [-0.3, -0.25) is 0 Å². The van der Waals surface area contributed by atoms with Crippen molar-refractivity contribution in [3.63, 3.8) is 0 Å². The quantitative estimate of drug-likeness (QED) is 0.505. The topological polar surface area (TPSA) is 115 Å². The molecule has 4 N–H and O–H groups in total. The number of carboxylic acids is 2. The maximum absolute atomic E-state index is 10.4. The van der Waals surface area contributed by atoms with Gasteiger partial charge in [-0.05, 0) is 61.6 Å². The lowest BCUT2D eigenvalue weighted by atomic mass is 9.98. The number of aryl methyl sites for hydroxylation is 2. The minimum Gasteiger partial charge on any atom is -0.478 e. The number of aromatic carboxylic acids is 2. The highest BCUT2D eigenvalue weighted by Crippen LogP contribution is 2.10. The zero-order valence-electron chi connectivity index (χ0n) is 19.1. The summed E-state index contributed by atoms with van der Waals surface area (Å²) < 4.78 is 0. The zero-order valence-corrected chi connectivity index (χ0v) is 19.1. The molecule has 0 radical (unpaired) electrons. The summed E-state index contributed by atoms with van der Waals surface area (Å²) in [5.74, 6) is -1.74. The third kappa shape index (κ3) is 11.3. The summed E-state index contributed by atoms with van der Waals surface area (Å²) in [4.78, 5) is 20.8. The van der Waals surface area contributed by atoms with Crippen LogP contribution in [0.3, 0.4) is 0 Å². The Morgan fingerprint density at radius 3 is 1.19 bits per heavy atom. The molecule has 3 atom stereocenters. The van der Waals surface area contributed by atoms with Crippen molar-refractivity contribution < 1.29 is 30.0 Å². The number of hydrogen-bond acceptors (Lipinski definition) is 4. The molecule has 6 heteroatoms. The van der Waals surface area contributed by atoms with Crippen LogP contribution >= 0.6 is 0 Å². The largest absolute Gasteiger partial charge is 0.478 e. The number of carbonyl (C=O) groups is 2. The summed E-state index contributed by atoms with van der Waals surface area (Å²) in [7, 11) is 0. The fourth-order valence-corrected chi connectivity index (χ4v) is 2.46. The minimum atomic E-state index is -0.868. The normalized spacial score (nSPS) is 12.9. The van der Waals surface area contributed by atoms with E-state index in [9.17, 15) is 9.59 Å². The highest BCUT2D eigenvalue weighted by Gasteiger charge is 2.16. The first kappa shape index (κ1) is 28.3. The second kappa shape index (κ2) is 15.2. The average Bonchev–Trinajstić information content (AvgIpc) is 2.78. The zero-order chi connectivity index (χ0) is 24.0. The lowest BCUT2D eigenvalue weighted by molar-refractivity contribution is 0.0298. The van der Waals surface area contributed by atoms with Gasteiger partial charge in [0.25, 0.3) is 0 Å². The van der Waals surface area contributed by atoms with E-state index in [1.54, 1.807) is 31.2 Å². The monoisotopic (exact) mass is 432 g/mol. The molecule has 0 heterocycles. The first-order valence-electron chi connectivity index (χ1n) is 10.6. The third-order valence-corrected chi connectivity index (χ3v) is 5.00. The van der Waals surface area contributed by atoms with Crippen molar-refractivity contribution in [1.29, 1.82) is 0 Å². The summed E-state index contributed by atoms with van der Waals surface area (Å²) >= 11 is 0. The molecule has 2 aromatic carbocycles. The standard InChI is InChI=1S/2C9H10O2.C7H16O2/c2*1-2-7-3-5-8(6-4-7)9(10)11;1-4-7(9)5(2)6(3)8/h2*3-6H,2H2,1H3,(H,10,11);5-9H,4H2,1-3H3. The van der Waals surface area contributed by atoms with Gasteiger partial charge in [0, 0.05) is 5.92 Å². The molecule has 0 bridgehead atoms. The van der Waals surface area contributed by atoms with Crippen LogP contribution in [0, 0.1) is 5.92 Å². The number of hydrogen-bond donors (Lipinski definition) is 4. The number of rotatable bonds is 7. The molecule has 172 valence electrons. The molecule has 31 heavy (non-hydrogen) atoms. The van der Waals surface area contributed by atoms with E-state index in [1.807, 2.05) is 52.0 Å². The maximum atomic E-state index is 10.4. The Balaban J connectivity index is 0.000000439. The molecular formula is C25H36O6. The van der Waals surface area contributed by atoms with Gasteiger partial charge in [-0.25, -0.2) is 9.59 Å². The van der Waals surface area contributed by atoms with Crippen LogP contribution in [-0.2, 0) is 12.8 Å². The Morgan fingerprint density at radius 1 is 0.710 bits per heavy atom. The van der Waals surface area contributed by atoms with Crippen molar-refractivity contribution in [1.82, 2.24) is 0 Å². The predicted octanol–water partition coefficient (Wildman–Crippen LogP) is 4.67. The van der Waals surface area contributed by atoms with Crippen LogP contribution in [0.15, 0.2) is 48.5 Å². The summed E-state index contributed by atoms with van der Waals surface area (Å²) in [6, 6.07) is 13.9. The third-order valence-electron chi connectivity index (χ3n) is 5.00. The lowest BCUT2D eigenvalue weighted by Gasteiger charge is -2.19. The van der Waals surface area contributed by atoms with Crippen molar-refractivity contribution in [2.24, 2.45) is 5.92 Å². The molecule has 0 fully saturated rings. The van der Waals surface area contributed by atoms with Crippen LogP contribution in [-0.4, -0.2) is 44.6 Å². The van der Waals surface area contributed by atoms with Crippen LogP contribution in [0.1, 0.15) is 72.9 Å².